The molecule has 0 bridgehead atoms. The highest BCUT2D eigenvalue weighted by atomic mass is 35.5. The van der Waals surface area contributed by atoms with Crippen LogP contribution in [-0.4, -0.2) is 65.8 Å². The third-order valence-corrected chi connectivity index (χ3v) is 10.6. The van der Waals surface area contributed by atoms with Gasteiger partial charge in [-0.2, -0.15) is 0 Å². The van der Waals surface area contributed by atoms with Crippen molar-refractivity contribution in [2.24, 2.45) is 0 Å². The number of fused-ring (bicyclic) bond motifs is 1. The van der Waals surface area contributed by atoms with Crippen molar-refractivity contribution in [3.8, 4) is 5.75 Å². The Kier molecular flexibility index (Phi) is 10.6. The van der Waals surface area contributed by atoms with Crippen LogP contribution in [0.1, 0.15) is 78.3 Å². The molecule has 7 rings (SSSR count). The number of amides is 7. The number of carbonyl (C=O) groups excluding carboxylic acids is 6. The molecule has 1 spiro atoms. The average Bonchev–Trinajstić information content (AvgIpc) is 3.42. The Bertz CT molecular complexity index is 2130. The second-order valence-corrected chi connectivity index (χ2v) is 14.3. The summed E-state index contributed by atoms with van der Waals surface area (Å²) in [4.78, 5) is 81.2. The van der Waals surface area contributed by atoms with Gasteiger partial charge in [-0.1, -0.05) is 48.0 Å². The van der Waals surface area contributed by atoms with Crippen molar-refractivity contribution in [3.63, 3.8) is 0 Å². The molecule has 3 heterocycles. The Morgan fingerprint density at radius 2 is 1.69 bits per heavy atom. The molecule has 13 nitrogen and oxygen atoms in total. The average molecular weight is 751 g/mol. The molecule has 4 aromatic rings. The zero-order valence-electron chi connectivity index (χ0n) is 29.4. The molecule has 4 N–H and O–H groups in total. The first-order valence-electron chi connectivity index (χ1n) is 18.0. The number of halogens is 1. The van der Waals surface area contributed by atoms with Crippen LogP contribution >= 0.6 is 11.6 Å². The maximum atomic E-state index is 13.8. The van der Waals surface area contributed by atoms with Gasteiger partial charge in [-0.3, -0.25) is 34.3 Å². The molecule has 1 aliphatic carbocycles. The first-order chi connectivity index (χ1) is 26.1. The molecule has 2 aliphatic heterocycles. The molecule has 1 saturated carbocycles. The number of unbranched alkanes of at least 4 members (excludes halogenated alkanes) is 2. The SMILES string of the molecule is O=C(COc1ccc(C2CCC(=O)NC2=O)cc1)NCCCCCNC(=O)c1ccc2cncc(N3C(=O)NC4(CC(c5ccccc5Cl)C4)C3=O)c2c1. The van der Waals surface area contributed by atoms with Crippen LogP contribution in [0.15, 0.2) is 79.1 Å². The number of rotatable bonds is 13. The third kappa shape index (κ3) is 7.63. The number of carbonyl (C=O) groups is 6. The predicted octanol–water partition coefficient (Wildman–Crippen LogP) is 4.88. The van der Waals surface area contributed by atoms with Gasteiger partial charge in [0, 0.05) is 47.1 Å². The van der Waals surface area contributed by atoms with Gasteiger partial charge in [-0.25, -0.2) is 9.69 Å². The van der Waals surface area contributed by atoms with Crippen molar-refractivity contribution in [2.45, 2.75) is 62.3 Å². The van der Waals surface area contributed by atoms with Crippen molar-refractivity contribution >= 4 is 63.6 Å². The van der Waals surface area contributed by atoms with Crippen molar-refractivity contribution in [1.82, 2.24) is 26.3 Å². The van der Waals surface area contributed by atoms with Crippen molar-refractivity contribution < 1.29 is 33.5 Å². The minimum absolute atomic E-state index is 0.0499. The molecule has 7 amide bonds. The van der Waals surface area contributed by atoms with Gasteiger partial charge >= 0.3 is 6.03 Å². The number of piperidine rings is 1. The fraction of sp³-hybridized carbons (Fsp3) is 0.325. The molecule has 14 heteroatoms. The maximum Gasteiger partial charge on any atom is 0.329 e. The number of urea groups is 1. The number of anilines is 1. The fourth-order valence-electron chi connectivity index (χ4n) is 7.36. The summed E-state index contributed by atoms with van der Waals surface area (Å²) >= 11 is 6.39. The normalized spacial score (nSPS) is 20.7. The molecule has 1 unspecified atom stereocenters. The van der Waals surface area contributed by atoms with E-state index < -0.39 is 11.6 Å². The number of hydrogen-bond donors (Lipinski definition) is 4. The van der Waals surface area contributed by atoms with E-state index in [1.54, 1.807) is 48.7 Å². The van der Waals surface area contributed by atoms with Gasteiger partial charge in [-0.15, -0.1) is 0 Å². The molecule has 3 fully saturated rings. The summed E-state index contributed by atoms with van der Waals surface area (Å²) < 4.78 is 5.57. The Labute approximate surface area is 316 Å². The van der Waals surface area contributed by atoms with Gasteiger partial charge in [-0.05, 0) is 85.9 Å². The summed E-state index contributed by atoms with van der Waals surface area (Å²) in [7, 11) is 0. The molecule has 1 atom stereocenters. The van der Waals surface area contributed by atoms with Crippen molar-refractivity contribution in [2.75, 3.05) is 24.6 Å². The summed E-state index contributed by atoms with van der Waals surface area (Å²) in [5, 5.41) is 12.9. The van der Waals surface area contributed by atoms with Gasteiger partial charge in [0.2, 0.25) is 11.8 Å². The van der Waals surface area contributed by atoms with E-state index in [0.717, 1.165) is 22.4 Å². The van der Waals surface area contributed by atoms with Gasteiger partial charge in [0.05, 0.1) is 17.8 Å². The van der Waals surface area contributed by atoms with Crippen LogP contribution in [-0.2, 0) is 19.2 Å². The van der Waals surface area contributed by atoms with Gasteiger partial charge < -0.3 is 20.7 Å². The lowest BCUT2D eigenvalue weighted by atomic mass is 9.65. The second-order valence-electron chi connectivity index (χ2n) is 13.9. The van der Waals surface area contributed by atoms with Gasteiger partial charge in [0.25, 0.3) is 17.7 Å². The van der Waals surface area contributed by atoms with Gasteiger partial charge in [0.1, 0.15) is 11.3 Å². The maximum absolute atomic E-state index is 13.8. The molecule has 2 saturated heterocycles. The minimum atomic E-state index is -1.01. The van der Waals surface area contributed by atoms with E-state index in [1.165, 1.54) is 6.20 Å². The highest BCUT2D eigenvalue weighted by Crippen LogP contribution is 2.50. The monoisotopic (exact) mass is 750 g/mol. The van der Waals surface area contributed by atoms with E-state index in [4.69, 9.17) is 16.3 Å². The molecule has 54 heavy (non-hydrogen) atoms. The number of aromatic nitrogens is 1. The number of ether oxygens (including phenoxy) is 1. The number of nitrogens with zero attached hydrogens (tertiary/aromatic N) is 2. The number of nitrogens with one attached hydrogen (secondary N) is 4. The summed E-state index contributed by atoms with van der Waals surface area (Å²) in [5.41, 5.74) is 1.43. The van der Waals surface area contributed by atoms with Crippen LogP contribution < -0.4 is 30.9 Å². The Morgan fingerprint density at radius 3 is 2.44 bits per heavy atom. The minimum Gasteiger partial charge on any atom is -0.484 e. The summed E-state index contributed by atoms with van der Waals surface area (Å²) in [6, 6.07) is 19.0. The zero-order chi connectivity index (χ0) is 37.8. The first-order valence-corrected chi connectivity index (χ1v) is 18.4. The highest BCUT2D eigenvalue weighted by molar-refractivity contribution is 6.31. The topological polar surface area (TPSA) is 176 Å². The van der Waals surface area contributed by atoms with Crippen LogP contribution in [0, 0.1) is 0 Å². The lowest BCUT2D eigenvalue weighted by Gasteiger charge is -2.43. The van der Waals surface area contributed by atoms with Crippen LogP contribution in [0.25, 0.3) is 10.8 Å². The first kappa shape index (κ1) is 36.5. The second kappa shape index (κ2) is 15.7. The van der Waals surface area contributed by atoms with E-state index in [0.29, 0.717) is 84.4 Å². The Morgan fingerprint density at radius 1 is 0.926 bits per heavy atom. The van der Waals surface area contributed by atoms with Crippen LogP contribution in [0.5, 0.6) is 5.75 Å². The molecule has 3 aliphatic rings. The van der Waals surface area contributed by atoms with Crippen LogP contribution in [0.2, 0.25) is 5.02 Å². The zero-order valence-corrected chi connectivity index (χ0v) is 30.1. The Hall–Kier alpha value is -5.82. The molecule has 0 radical (unpaired) electrons. The van der Waals surface area contributed by atoms with E-state index in [1.807, 2.05) is 24.3 Å². The summed E-state index contributed by atoms with van der Waals surface area (Å²) in [5.74, 6) is -1.30. The Balaban J connectivity index is 0.842. The lowest BCUT2D eigenvalue weighted by Crippen LogP contribution is -2.56. The molecule has 1 aromatic heterocycles. The van der Waals surface area contributed by atoms with Gasteiger partial charge in [0.15, 0.2) is 6.61 Å². The fourth-order valence-corrected chi connectivity index (χ4v) is 7.65. The molecule has 278 valence electrons. The van der Waals surface area contributed by atoms with E-state index >= 15 is 0 Å². The molecule has 3 aromatic carbocycles. The van der Waals surface area contributed by atoms with Crippen molar-refractivity contribution in [3.05, 3.63) is 101 Å². The summed E-state index contributed by atoms with van der Waals surface area (Å²) in [6.07, 6.45) is 6.91. The standard InChI is InChI=1S/C40H39ClN6O7/c41-32-7-3-2-6-29(32)27-19-40(20-27)38(52)47(39(53)46-40)33-22-42-21-26-9-8-25(18-31(26)33)36(50)44-17-5-1-4-16-43-35(49)23-54-28-12-10-24(11-13-28)30-14-15-34(48)45-37(30)51/h2-3,6-13,18,21-22,27,30H,1,4-5,14-17,19-20,23H2,(H,43,49)(H,44,50)(H,46,53)(H,45,48,51). The van der Waals surface area contributed by atoms with Crippen LogP contribution in [0.3, 0.4) is 0 Å². The highest BCUT2D eigenvalue weighted by Gasteiger charge is 2.59. The largest absolute Gasteiger partial charge is 0.484 e. The third-order valence-electron chi connectivity index (χ3n) is 10.3. The van der Waals surface area contributed by atoms with E-state index in [9.17, 15) is 28.8 Å². The molecular weight excluding hydrogens is 712 g/mol. The quantitative estimate of drug-likeness (QED) is 0.0850. The number of hydrogen-bond acceptors (Lipinski definition) is 8. The summed E-state index contributed by atoms with van der Waals surface area (Å²) in [6.45, 7) is 0.726. The number of pyridine rings is 1. The number of imide groups is 2. The smallest absolute Gasteiger partial charge is 0.329 e. The van der Waals surface area contributed by atoms with Crippen LogP contribution in [0.4, 0.5) is 10.5 Å². The predicted molar refractivity (Wildman–Crippen MR) is 200 cm³/mol. The van der Waals surface area contributed by atoms with E-state index in [-0.39, 0.29) is 48.0 Å². The van der Waals surface area contributed by atoms with E-state index in [2.05, 4.69) is 26.3 Å². The number of benzene rings is 3. The molecular formula is C40H39ClN6O7. The lowest BCUT2D eigenvalue weighted by molar-refractivity contribution is -0.134. The van der Waals surface area contributed by atoms with Crippen molar-refractivity contribution in [1.29, 1.82) is 0 Å².